The number of hydrogen-bond donors (Lipinski definition) is 1. The van der Waals surface area contributed by atoms with Crippen LogP contribution in [0.4, 0.5) is 5.00 Å². The predicted octanol–water partition coefficient (Wildman–Crippen LogP) is 4.52. The average Bonchev–Trinajstić information content (AvgIpc) is 3.28. The van der Waals surface area contributed by atoms with Crippen molar-refractivity contribution in [1.82, 2.24) is 0 Å². The van der Waals surface area contributed by atoms with Gasteiger partial charge in [0, 0.05) is 11.0 Å². The third kappa shape index (κ3) is 3.56. The van der Waals surface area contributed by atoms with Gasteiger partial charge in [0.1, 0.15) is 11.1 Å². The molecule has 1 atom stereocenters. The molecule has 0 saturated carbocycles. The lowest BCUT2D eigenvalue weighted by molar-refractivity contribution is -0.111. The molecule has 0 spiro atoms. The van der Waals surface area contributed by atoms with Crippen LogP contribution < -0.4 is 14.8 Å². The molecule has 0 bridgehead atoms. The minimum absolute atomic E-state index is 0.224. The average molecular weight is 380 g/mol. The molecule has 1 unspecified atom stereocenters. The normalized spacial score (nSPS) is 17.6. The van der Waals surface area contributed by atoms with Crippen molar-refractivity contribution in [2.24, 2.45) is 5.92 Å². The first-order valence-electron chi connectivity index (χ1n) is 9.11. The summed E-state index contributed by atoms with van der Waals surface area (Å²) in [7, 11) is 0. The van der Waals surface area contributed by atoms with Crippen LogP contribution in [0, 0.1) is 17.2 Å². The monoisotopic (exact) mass is 380 g/mol. The molecule has 6 heteroatoms. The summed E-state index contributed by atoms with van der Waals surface area (Å²) < 4.78 is 10.6. The summed E-state index contributed by atoms with van der Waals surface area (Å²) >= 11 is 1.55. The Morgan fingerprint density at radius 3 is 3.07 bits per heavy atom. The Balaban J connectivity index is 1.48. The number of carbonyl (C=O) groups is 1. The number of thiophene rings is 1. The van der Waals surface area contributed by atoms with Crippen LogP contribution in [0.1, 0.15) is 41.3 Å². The van der Waals surface area contributed by atoms with E-state index in [2.05, 4.69) is 18.3 Å². The number of nitrogens with zero attached hydrogens (tertiary/aromatic N) is 1. The highest BCUT2D eigenvalue weighted by molar-refractivity contribution is 7.16. The number of carbonyl (C=O) groups excluding carboxylic acids is 1. The van der Waals surface area contributed by atoms with Crippen molar-refractivity contribution in [3.8, 4) is 17.6 Å². The highest BCUT2D eigenvalue weighted by Crippen LogP contribution is 2.40. The van der Waals surface area contributed by atoms with E-state index in [1.165, 1.54) is 11.0 Å². The molecule has 1 aliphatic heterocycles. The fourth-order valence-corrected chi connectivity index (χ4v) is 4.87. The van der Waals surface area contributed by atoms with Crippen LogP contribution >= 0.6 is 11.3 Å². The smallest absolute Gasteiger partial charge is 0.249 e. The van der Waals surface area contributed by atoms with Gasteiger partial charge in [-0.05, 0) is 54.5 Å². The Morgan fingerprint density at radius 2 is 2.26 bits per heavy atom. The second-order valence-corrected chi connectivity index (χ2v) is 7.88. The number of benzene rings is 1. The van der Waals surface area contributed by atoms with Crippen LogP contribution in [0.2, 0.25) is 0 Å². The van der Waals surface area contributed by atoms with Crippen molar-refractivity contribution < 1.29 is 14.3 Å². The molecule has 1 N–H and O–H groups in total. The second kappa shape index (κ2) is 7.45. The Labute approximate surface area is 162 Å². The zero-order valence-corrected chi connectivity index (χ0v) is 15.9. The van der Waals surface area contributed by atoms with Gasteiger partial charge in [-0.25, -0.2) is 0 Å². The van der Waals surface area contributed by atoms with Gasteiger partial charge >= 0.3 is 0 Å². The van der Waals surface area contributed by atoms with Crippen LogP contribution in [0.5, 0.6) is 11.5 Å². The van der Waals surface area contributed by atoms with Crippen LogP contribution in [-0.4, -0.2) is 12.7 Å². The third-order valence-electron chi connectivity index (χ3n) is 5.12. The molecule has 2 heterocycles. The molecule has 4 rings (SSSR count). The summed E-state index contributed by atoms with van der Waals surface area (Å²) in [5, 5.41) is 13.1. The fraction of sp³-hybridized carbons (Fsp3) is 0.333. The molecular formula is C21H20N2O3S. The van der Waals surface area contributed by atoms with E-state index in [1.807, 2.05) is 18.2 Å². The van der Waals surface area contributed by atoms with Gasteiger partial charge in [0.25, 0.3) is 0 Å². The maximum absolute atomic E-state index is 12.4. The number of fused-ring (bicyclic) bond motifs is 2. The van der Waals surface area contributed by atoms with Crippen LogP contribution in [0.25, 0.3) is 6.08 Å². The Morgan fingerprint density at radius 1 is 1.41 bits per heavy atom. The highest BCUT2D eigenvalue weighted by atomic mass is 32.1. The lowest BCUT2D eigenvalue weighted by atomic mass is 9.86. The van der Waals surface area contributed by atoms with E-state index in [9.17, 15) is 10.1 Å². The number of nitriles is 1. The highest BCUT2D eigenvalue weighted by Gasteiger charge is 2.25. The van der Waals surface area contributed by atoms with Crippen molar-refractivity contribution in [2.75, 3.05) is 12.1 Å². The largest absolute Gasteiger partial charge is 0.454 e. The number of anilines is 1. The van der Waals surface area contributed by atoms with E-state index in [0.717, 1.165) is 36.8 Å². The maximum Gasteiger partial charge on any atom is 0.249 e. The molecule has 0 fully saturated rings. The predicted molar refractivity (Wildman–Crippen MR) is 105 cm³/mol. The standard InChI is InChI=1S/C21H20N2O3S/c1-2-13-3-6-15-16(11-22)21(27-19(15)10-13)23-20(24)8-5-14-4-7-17-18(9-14)26-12-25-17/h4-5,7-9,13H,2-3,6,10,12H2,1H3,(H,23,24). The zero-order chi connectivity index (χ0) is 18.8. The molecule has 2 aromatic rings. The maximum atomic E-state index is 12.4. The lowest BCUT2D eigenvalue weighted by Crippen LogP contribution is -2.12. The van der Waals surface area contributed by atoms with Gasteiger partial charge in [-0.15, -0.1) is 11.3 Å². The molecule has 5 nitrogen and oxygen atoms in total. The Kier molecular flexibility index (Phi) is 4.87. The number of nitrogens with one attached hydrogen (secondary N) is 1. The molecule has 0 radical (unpaired) electrons. The summed E-state index contributed by atoms with van der Waals surface area (Å²) in [5.74, 6) is 1.83. The number of hydrogen-bond acceptors (Lipinski definition) is 5. The molecule has 1 aromatic carbocycles. The van der Waals surface area contributed by atoms with E-state index in [0.29, 0.717) is 28.0 Å². The van der Waals surface area contributed by atoms with Gasteiger partial charge in [0.2, 0.25) is 12.7 Å². The third-order valence-corrected chi connectivity index (χ3v) is 6.29. The van der Waals surface area contributed by atoms with Crippen LogP contribution in [0.3, 0.4) is 0 Å². The first kappa shape index (κ1) is 17.6. The molecule has 138 valence electrons. The molecule has 1 amide bonds. The van der Waals surface area contributed by atoms with Gasteiger partial charge in [-0.3, -0.25) is 4.79 Å². The molecule has 1 aromatic heterocycles. The molecule has 27 heavy (non-hydrogen) atoms. The van der Waals surface area contributed by atoms with Crippen LogP contribution in [0.15, 0.2) is 24.3 Å². The van der Waals surface area contributed by atoms with Gasteiger partial charge in [0.05, 0.1) is 5.56 Å². The first-order chi connectivity index (χ1) is 13.2. The van der Waals surface area contributed by atoms with E-state index in [-0.39, 0.29) is 12.7 Å². The molecule has 1 aliphatic carbocycles. The van der Waals surface area contributed by atoms with Crippen molar-refractivity contribution in [3.05, 3.63) is 45.8 Å². The van der Waals surface area contributed by atoms with E-state index < -0.39 is 0 Å². The summed E-state index contributed by atoms with van der Waals surface area (Å²) in [5.41, 5.74) is 2.61. The molecular weight excluding hydrogens is 360 g/mol. The molecule has 0 saturated heterocycles. The summed E-state index contributed by atoms with van der Waals surface area (Å²) in [6, 6.07) is 7.81. The summed E-state index contributed by atoms with van der Waals surface area (Å²) in [4.78, 5) is 13.6. The Hall–Kier alpha value is -2.78. The SMILES string of the molecule is CCC1CCc2c(sc(NC(=O)C=Cc3ccc4c(c3)OCO4)c2C#N)C1. The second-order valence-electron chi connectivity index (χ2n) is 6.77. The van der Waals surface area contributed by atoms with Crippen molar-refractivity contribution in [2.45, 2.75) is 32.6 Å². The van der Waals surface area contributed by atoms with Crippen molar-refractivity contribution in [3.63, 3.8) is 0 Å². The zero-order valence-electron chi connectivity index (χ0n) is 15.1. The first-order valence-corrected chi connectivity index (χ1v) is 9.93. The van der Waals surface area contributed by atoms with E-state index in [1.54, 1.807) is 17.4 Å². The minimum atomic E-state index is -0.241. The van der Waals surface area contributed by atoms with Crippen molar-refractivity contribution >= 4 is 28.3 Å². The minimum Gasteiger partial charge on any atom is -0.454 e. The summed E-state index contributed by atoms with van der Waals surface area (Å²) in [6.45, 7) is 2.43. The lowest BCUT2D eigenvalue weighted by Gasteiger charge is -2.20. The number of rotatable bonds is 4. The Bertz CT molecular complexity index is 955. The van der Waals surface area contributed by atoms with E-state index in [4.69, 9.17) is 9.47 Å². The van der Waals surface area contributed by atoms with Gasteiger partial charge in [-0.1, -0.05) is 19.4 Å². The van der Waals surface area contributed by atoms with E-state index >= 15 is 0 Å². The quantitative estimate of drug-likeness (QED) is 0.792. The van der Waals surface area contributed by atoms with Gasteiger partial charge in [-0.2, -0.15) is 5.26 Å². The summed E-state index contributed by atoms with van der Waals surface area (Å²) in [6.07, 6.45) is 7.41. The topological polar surface area (TPSA) is 71.3 Å². The van der Waals surface area contributed by atoms with Crippen molar-refractivity contribution in [1.29, 1.82) is 5.26 Å². The number of amides is 1. The fourth-order valence-electron chi connectivity index (χ4n) is 3.55. The number of ether oxygens (including phenoxy) is 2. The van der Waals surface area contributed by atoms with Gasteiger partial charge in [0.15, 0.2) is 11.5 Å². The van der Waals surface area contributed by atoms with Gasteiger partial charge < -0.3 is 14.8 Å². The van der Waals surface area contributed by atoms with Crippen LogP contribution in [-0.2, 0) is 17.6 Å². The molecule has 2 aliphatic rings.